The molecule has 6 heteroatoms. The Morgan fingerprint density at radius 1 is 1.25 bits per heavy atom. The number of hydrogen-bond donors (Lipinski definition) is 2. The molecule has 134 valence electrons. The lowest BCUT2D eigenvalue weighted by molar-refractivity contribution is -0.120. The molecule has 1 aliphatic rings. The minimum atomic E-state index is 0.0651. The Hall–Kier alpha value is -1.79. The predicted molar refractivity (Wildman–Crippen MR) is 92.7 cm³/mol. The van der Waals surface area contributed by atoms with Crippen LogP contribution in [0.2, 0.25) is 0 Å². The lowest BCUT2D eigenvalue weighted by Gasteiger charge is -2.11. The molecule has 2 rings (SSSR count). The maximum absolute atomic E-state index is 11.8. The number of hydrogen-bond acceptors (Lipinski definition) is 5. The van der Waals surface area contributed by atoms with Gasteiger partial charge in [-0.1, -0.05) is 6.07 Å². The fraction of sp³-hybridized carbons (Fsp3) is 0.611. The van der Waals surface area contributed by atoms with Crippen molar-refractivity contribution >= 4 is 5.91 Å². The zero-order valence-corrected chi connectivity index (χ0v) is 14.6. The fourth-order valence-corrected chi connectivity index (χ4v) is 2.74. The second-order valence-electron chi connectivity index (χ2n) is 5.88. The largest absolute Gasteiger partial charge is 0.493 e. The van der Waals surface area contributed by atoms with E-state index >= 15 is 0 Å². The number of ether oxygens (including phenoxy) is 3. The van der Waals surface area contributed by atoms with Gasteiger partial charge >= 0.3 is 0 Å². The van der Waals surface area contributed by atoms with E-state index in [0.717, 1.165) is 38.0 Å². The van der Waals surface area contributed by atoms with Gasteiger partial charge in [0.15, 0.2) is 11.5 Å². The van der Waals surface area contributed by atoms with Gasteiger partial charge < -0.3 is 24.8 Å². The quantitative estimate of drug-likeness (QED) is 0.634. The molecule has 1 fully saturated rings. The van der Waals surface area contributed by atoms with Crippen molar-refractivity contribution in [2.24, 2.45) is 0 Å². The number of amides is 1. The highest BCUT2D eigenvalue weighted by Gasteiger charge is 2.14. The van der Waals surface area contributed by atoms with Crippen LogP contribution in [0.4, 0.5) is 0 Å². The Kier molecular flexibility index (Phi) is 7.85. The number of nitrogens with one attached hydrogen (secondary N) is 2. The first-order valence-electron chi connectivity index (χ1n) is 8.53. The van der Waals surface area contributed by atoms with E-state index in [2.05, 4.69) is 10.6 Å². The Balaban J connectivity index is 1.60. The molecule has 1 unspecified atom stereocenters. The van der Waals surface area contributed by atoms with E-state index in [1.165, 1.54) is 0 Å². The summed E-state index contributed by atoms with van der Waals surface area (Å²) in [7, 11) is 3.23. The molecule has 6 nitrogen and oxygen atoms in total. The molecule has 1 aromatic rings. The normalized spacial score (nSPS) is 16.8. The van der Waals surface area contributed by atoms with Gasteiger partial charge in [0, 0.05) is 32.7 Å². The Morgan fingerprint density at radius 3 is 2.79 bits per heavy atom. The minimum absolute atomic E-state index is 0.0651. The Morgan fingerprint density at radius 2 is 2.08 bits per heavy atom. The highest BCUT2D eigenvalue weighted by molar-refractivity contribution is 5.76. The molecule has 0 aliphatic carbocycles. The number of rotatable bonds is 10. The summed E-state index contributed by atoms with van der Waals surface area (Å²) >= 11 is 0. The third kappa shape index (κ3) is 6.02. The SMILES string of the molecule is COc1ccc(CCNC(=O)CCNCC2CCCO2)cc1OC. The standard InChI is InChI=1S/C18H28N2O4/c1-22-16-6-5-14(12-17(16)23-2)7-10-20-18(21)8-9-19-13-15-4-3-11-24-15/h5-6,12,15,19H,3-4,7-11,13H2,1-2H3,(H,20,21). The van der Waals surface area contributed by atoms with Crippen molar-refractivity contribution < 1.29 is 19.0 Å². The molecule has 1 heterocycles. The second kappa shape index (κ2) is 10.2. The highest BCUT2D eigenvalue weighted by atomic mass is 16.5. The van der Waals surface area contributed by atoms with Gasteiger partial charge in [0.25, 0.3) is 0 Å². The molecule has 0 aromatic heterocycles. The van der Waals surface area contributed by atoms with Crippen LogP contribution in [0, 0.1) is 0 Å². The fourth-order valence-electron chi connectivity index (χ4n) is 2.74. The van der Waals surface area contributed by atoms with Gasteiger partial charge in [-0.2, -0.15) is 0 Å². The maximum Gasteiger partial charge on any atom is 0.221 e. The number of carbonyl (C=O) groups is 1. The maximum atomic E-state index is 11.8. The van der Waals surface area contributed by atoms with Gasteiger partial charge in [-0.15, -0.1) is 0 Å². The summed E-state index contributed by atoms with van der Waals surface area (Å²) in [6, 6.07) is 5.80. The van der Waals surface area contributed by atoms with E-state index in [1.807, 2.05) is 18.2 Å². The molecule has 1 aliphatic heterocycles. The zero-order valence-electron chi connectivity index (χ0n) is 14.6. The zero-order chi connectivity index (χ0) is 17.2. The van der Waals surface area contributed by atoms with Crippen LogP contribution >= 0.6 is 0 Å². The summed E-state index contributed by atoms with van der Waals surface area (Å²) in [6.45, 7) is 2.99. The third-order valence-corrected chi connectivity index (χ3v) is 4.11. The predicted octanol–water partition coefficient (Wildman–Crippen LogP) is 1.52. The van der Waals surface area contributed by atoms with Crippen molar-refractivity contribution in [3.8, 4) is 11.5 Å². The first-order chi connectivity index (χ1) is 11.7. The lowest BCUT2D eigenvalue weighted by atomic mass is 10.1. The molecule has 0 spiro atoms. The van der Waals surface area contributed by atoms with Gasteiger partial charge in [-0.05, 0) is 37.0 Å². The van der Waals surface area contributed by atoms with Crippen LogP contribution in [-0.2, 0) is 16.0 Å². The van der Waals surface area contributed by atoms with Gasteiger partial charge in [0.05, 0.1) is 20.3 Å². The van der Waals surface area contributed by atoms with E-state index in [-0.39, 0.29) is 5.91 Å². The molecule has 0 saturated carbocycles. The van der Waals surface area contributed by atoms with Crippen molar-refractivity contribution in [1.29, 1.82) is 0 Å². The van der Waals surface area contributed by atoms with Crippen LogP contribution < -0.4 is 20.1 Å². The van der Waals surface area contributed by atoms with Crippen molar-refractivity contribution in [3.63, 3.8) is 0 Å². The summed E-state index contributed by atoms with van der Waals surface area (Å²) in [6.07, 6.45) is 3.82. The second-order valence-corrected chi connectivity index (χ2v) is 5.88. The molecule has 2 N–H and O–H groups in total. The van der Waals surface area contributed by atoms with Crippen molar-refractivity contribution in [3.05, 3.63) is 23.8 Å². The van der Waals surface area contributed by atoms with E-state index < -0.39 is 0 Å². The average molecular weight is 336 g/mol. The van der Waals surface area contributed by atoms with E-state index in [4.69, 9.17) is 14.2 Å². The topological polar surface area (TPSA) is 68.8 Å². The van der Waals surface area contributed by atoms with Crippen LogP contribution in [0.25, 0.3) is 0 Å². The Labute approximate surface area is 143 Å². The van der Waals surface area contributed by atoms with Gasteiger partial charge in [0.2, 0.25) is 5.91 Å². The van der Waals surface area contributed by atoms with Gasteiger partial charge in [0.1, 0.15) is 0 Å². The van der Waals surface area contributed by atoms with Gasteiger partial charge in [-0.3, -0.25) is 4.79 Å². The van der Waals surface area contributed by atoms with Crippen LogP contribution in [-0.4, -0.2) is 52.5 Å². The number of carbonyl (C=O) groups excluding carboxylic acids is 1. The van der Waals surface area contributed by atoms with E-state index in [9.17, 15) is 4.79 Å². The van der Waals surface area contributed by atoms with Crippen LogP contribution in [0.5, 0.6) is 11.5 Å². The Bertz CT molecular complexity index is 516. The number of benzene rings is 1. The van der Waals surface area contributed by atoms with Crippen LogP contribution in [0.1, 0.15) is 24.8 Å². The first-order valence-corrected chi connectivity index (χ1v) is 8.53. The molecule has 24 heavy (non-hydrogen) atoms. The lowest BCUT2D eigenvalue weighted by Crippen LogP contribution is -2.32. The summed E-state index contributed by atoms with van der Waals surface area (Å²) in [5.41, 5.74) is 1.10. The smallest absolute Gasteiger partial charge is 0.221 e. The first kappa shape index (κ1) is 18.5. The summed E-state index contributed by atoms with van der Waals surface area (Å²) in [4.78, 5) is 11.8. The van der Waals surface area contributed by atoms with Crippen molar-refractivity contribution in [1.82, 2.24) is 10.6 Å². The van der Waals surface area contributed by atoms with Gasteiger partial charge in [-0.25, -0.2) is 0 Å². The molecule has 1 saturated heterocycles. The molecule has 1 amide bonds. The summed E-state index contributed by atoms with van der Waals surface area (Å²) in [5.74, 6) is 1.48. The monoisotopic (exact) mass is 336 g/mol. The van der Waals surface area contributed by atoms with E-state index in [1.54, 1.807) is 14.2 Å². The summed E-state index contributed by atoms with van der Waals surface area (Å²) in [5, 5.41) is 6.22. The molecule has 1 aromatic carbocycles. The molecule has 0 radical (unpaired) electrons. The molecule has 1 atom stereocenters. The summed E-state index contributed by atoms with van der Waals surface area (Å²) < 4.78 is 16.0. The minimum Gasteiger partial charge on any atom is -0.493 e. The molecule has 0 bridgehead atoms. The average Bonchev–Trinajstić information content (AvgIpc) is 3.12. The van der Waals surface area contributed by atoms with Crippen molar-refractivity contribution in [2.75, 3.05) is 40.5 Å². The number of methoxy groups -OCH3 is 2. The molecular weight excluding hydrogens is 308 g/mol. The van der Waals surface area contributed by atoms with Crippen molar-refractivity contribution in [2.45, 2.75) is 31.8 Å². The molecular formula is C18H28N2O4. The third-order valence-electron chi connectivity index (χ3n) is 4.11. The van der Waals surface area contributed by atoms with Crippen LogP contribution in [0.3, 0.4) is 0 Å². The van der Waals surface area contributed by atoms with E-state index in [0.29, 0.717) is 37.1 Å². The highest BCUT2D eigenvalue weighted by Crippen LogP contribution is 2.27. The van der Waals surface area contributed by atoms with Crippen LogP contribution in [0.15, 0.2) is 18.2 Å².